The first-order valence-corrected chi connectivity index (χ1v) is 12.3. The fraction of sp³-hybridized carbons (Fsp3) is 0.444. The first kappa shape index (κ1) is 21.5. The average Bonchev–Trinajstić information content (AvgIpc) is 3.32. The summed E-state index contributed by atoms with van der Waals surface area (Å²) in [5.41, 5.74) is 5.79. The molecule has 7 heteroatoms. The standard InChI is InChI=1S/C27H30N4O3/c32-23-8-7-22(25(33)30-23)31-16-19-6-5-17(13-21(19)26(31)34)15-29-24-20-4-2-1-3-18(20)14-27(24)9-11-28-12-10-27/h1-6,13,22,24,28-29H,7-12,14-16H2,(H,30,32,33). The number of carbonyl (C=O) groups excluding carboxylic acids is 3. The van der Waals surface area contributed by atoms with Crippen LogP contribution in [0.4, 0.5) is 0 Å². The number of carbonyl (C=O) groups is 3. The predicted octanol–water partition coefficient (Wildman–Crippen LogP) is 2.20. The van der Waals surface area contributed by atoms with Crippen molar-refractivity contribution in [3.05, 3.63) is 70.3 Å². The van der Waals surface area contributed by atoms with E-state index in [1.807, 2.05) is 12.1 Å². The first-order chi connectivity index (χ1) is 16.5. The van der Waals surface area contributed by atoms with E-state index in [0.29, 0.717) is 31.1 Å². The van der Waals surface area contributed by atoms with E-state index in [4.69, 9.17) is 0 Å². The second-order valence-corrected chi connectivity index (χ2v) is 10.2. The Balaban J connectivity index is 1.20. The fourth-order valence-corrected chi connectivity index (χ4v) is 6.44. The molecule has 1 aliphatic carbocycles. The zero-order valence-corrected chi connectivity index (χ0v) is 19.2. The van der Waals surface area contributed by atoms with Gasteiger partial charge in [0.25, 0.3) is 5.91 Å². The highest BCUT2D eigenvalue weighted by molar-refractivity contribution is 6.05. The normalized spacial score (nSPS) is 25.4. The van der Waals surface area contributed by atoms with Crippen molar-refractivity contribution in [1.29, 1.82) is 0 Å². The number of imide groups is 1. The number of benzene rings is 2. The molecule has 3 amide bonds. The van der Waals surface area contributed by atoms with Crippen LogP contribution in [0.15, 0.2) is 42.5 Å². The van der Waals surface area contributed by atoms with Gasteiger partial charge in [-0.25, -0.2) is 0 Å². The Morgan fingerprint density at radius 2 is 1.85 bits per heavy atom. The maximum Gasteiger partial charge on any atom is 0.255 e. The molecule has 2 atom stereocenters. The van der Waals surface area contributed by atoms with Crippen molar-refractivity contribution in [2.24, 2.45) is 5.41 Å². The Bertz CT molecular complexity index is 1170. The average molecular weight is 459 g/mol. The topological polar surface area (TPSA) is 90.5 Å². The summed E-state index contributed by atoms with van der Waals surface area (Å²) in [6.45, 7) is 3.21. The van der Waals surface area contributed by atoms with Crippen LogP contribution in [-0.4, -0.2) is 41.8 Å². The van der Waals surface area contributed by atoms with E-state index in [0.717, 1.165) is 43.5 Å². The zero-order valence-electron chi connectivity index (χ0n) is 19.2. The van der Waals surface area contributed by atoms with Gasteiger partial charge >= 0.3 is 0 Å². The quantitative estimate of drug-likeness (QED) is 0.612. The summed E-state index contributed by atoms with van der Waals surface area (Å²) in [4.78, 5) is 38.6. The monoisotopic (exact) mass is 458 g/mol. The minimum Gasteiger partial charge on any atom is -0.322 e. The predicted molar refractivity (Wildman–Crippen MR) is 127 cm³/mol. The molecule has 2 saturated heterocycles. The molecular formula is C27H30N4O3. The number of nitrogens with zero attached hydrogens (tertiary/aromatic N) is 1. The van der Waals surface area contributed by atoms with Crippen LogP contribution in [0.5, 0.6) is 0 Å². The van der Waals surface area contributed by atoms with E-state index < -0.39 is 6.04 Å². The molecule has 2 unspecified atom stereocenters. The summed E-state index contributed by atoms with van der Waals surface area (Å²) in [7, 11) is 0. The van der Waals surface area contributed by atoms with Gasteiger partial charge in [-0.1, -0.05) is 36.4 Å². The Morgan fingerprint density at radius 3 is 2.68 bits per heavy atom. The lowest BCUT2D eigenvalue weighted by Gasteiger charge is -2.40. The molecule has 7 nitrogen and oxygen atoms in total. The van der Waals surface area contributed by atoms with E-state index in [2.05, 4.69) is 46.3 Å². The molecule has 0 radical (unpaired) electrons. The van der Waals surface area contributed by atoms with Crippen molar-refractivity contribution in [1.82, 2.24) is 20.9 Å². The van der Waals surface area contributed by atoms with Crippen LogP contribution >= 0.6 is 0 Å². The molecule has 3 N–H and O–H groups in total. The lowest BCUT2D eigenvalue weighted by molar-refractivity contribution is -0.136. The van der Waals surface area contributed by atoms with Crippen LogP contribution in [-0.2, 0) is 29.1 Å². The van der Waals surface area contributed by atoms with Gasteiger partial charge < -0.3 is 15.5 Å². The van der Waals surface area contributed by atoms with E-state index >= 15 is 0 Å². The summed E-state index contributed by atoms with van der Waals surface area (Å²) < 4.78 is 0. The number of amides is 3. The van der Waals surface area contributed by atoms with Crippen molar-refractivity contribution < 1.29 is 14.4 Å². The second kappa shape index (κ2) is 8.32. The van der Waals surface area contributed by atoms with Gasteiger partial charge in [0.05, 0.1) is 0 Å². The Labute approximate surface area is 199 Å². The maximum absolute atomic E-state index is 13.2. The highest BCUT2D eigenvalue weighted by Crippen LogP contribution is 2.51. The molecule has 34 heavy (non-hydrogen) atoms. The molecule has 0 saturated carbocycles. The van der Waals surface area contributed by atoms with Gasteiger partial charge in [0.1, 0.15) is 6.04 Å². The van der Waals surface area contributed by atoms with Crippen LogP contribution in [0.1, 0.15) is 64.3 Å². The second-order valence-electron chi connectivity index (χ2n) is 10.2. The van der Waals surface area contributed by atoms with Gasteiger partial charge in [0.2, 0.25) is 11.8 Å². The van der Waals surface area contributed by atoms with Gasteiger partial charge in [-0.2, -0.15) is 0 Å². The third-order valence-electron chi connectivity index (χ3n) is 8.22. The summed E-state index contributed by atoms with van der Waals surface area (Å²) in [5, 5.41) is 9.73. The smallest absolute Gasteiger partial charge is 0.255 e. The fourth-order valence-electron chi connectivity index (χ4n) is 6.44. The van der Waals surface area contributed by atoms with Crippen molar-refractivity contribution in [2.75, 3.05) is 13.1 Å². The van der Waals surface area contributed by atoms with Crippen LogP contribution in [0, 0.1) is 5.41 Å². The van der Waals surface area contributed by atoms with Crippen molar-refractivity contribution in [3.63, 3.8) is 0 Å². The number of fused-ring (bicyclic) bond motifs is 2. The summed E-state index contributed by atoms with van der Waals surface area (Å²) in [5.74, 6) is -0.752. The molecule has 0 bridgehead atoms. The van der Waals surface area contributed by atoms with Gasteiger partial charge in [0, 0.05) is 31.1 Å². The Kier molecular flexibility index (Phi) is 5.26. The molecule has 176 valence electrons. The molecule has 0 aromatic heterocycles. The van der Waals surface area contributed by atoms with E-state index in [9.17, 15) is 14.4 Å². The number of nitrogens with one attached hydrogen (secondary N) is 3. The van der Waals surface area contributed by atoms with Crippen LogP contribution in [0.3, 0.4) is 0 Å². The molecule has 6 rings (SSSR count). The zero-order chi connectivity index (χ0) is 23.3. The Hall–Kier alpha value is -3.03. The van der Waals surface area contributed by atoms with Gasteiger partial charge in [-0.3, -0.25) is 19.7 Å². The number of rotatable bonds is 4. The molecule has 1 spiro atoms. The lowest BCUT2D eigenvalue weighted by atomic mass is 9.73. The van der Waals surface area contributed by atoms with E-state index in [1.165, 1.54) is 11.1 Å². The van der Waals surface area contributed by atoms with Gasteiger partial charge in [-0.15, -0.1) is 0 Å². The van der Waals surface area contributed by atoms with Crippen LogP contribution in [0.25, 0.3) is 0 Å². The van der Waals surface area contributed by atoms with E-state index in [-0.39, 0.29) is 29.6 Å². The molecule has 2 aromatic carbocycles. The molecule has 2 fully saturated rings. The molecular weight excluding hydrogens is 428 g/mol. The van der Waals surface area contributed by atoms with Crippen molar-refractivity contribution in [2.45, 2.75) is 57.3 Å². The third-order valence-corrected chi connectivity index (χ3v) is 8.22. The molecule has 3 aliphatic heterocycles. The molecule has 4 aliphatic rings. The van der Waals surface area contributed by atoms with Gasteiger partial charge in [0.15, 0.2) is 0 Å². The number of piperidine rings is 2. The van der Waals surface area contributed by atoms with Crippen molar-refractivity contribution >= 4 is 17.7 Å². The number of hydrogen-bond donors (Lipinski definition) is 3. The summed E-state index contributed by atoms with van der Waals surface area (Å²) >= 11 is 0. The third kappa shape index (κ3) is 3.54. The maximum atomic E-state index is 13.2. The highest BCUT2D eigenvalue weighted by atomic mass is 16.2. The Morgan fingerprint density at radius 1 is 1.03 bits per heavy atom. The SMILES string of the molecule is O=C1CCC(N2Cc3ccc(CNC4c5ccccc5CC45CCNCC5)cc3C2=O)C(=O)N1. The van der Waals surface area contributed by atoms with Crippen molar-refractivity contribution in [3.8, 4) is 0 Å². The van der Waals surface area contributed by atoms with Gasteiger partial charge in [-0.05, 0) is 72.5 Å². The van der Waals surface area contributed by atoms with Crippen LogP contribution < -0.4 is 16.0 Å². The summed E-state index contributed by atoms with van der Waals surface area (Å²) in [6, 6.07) is 14.6. The largest absolute Gasteiger partial charge is 0.322 e. The minimum atomic E-state index is -0.575. The number of hydrogen-bond acceptors (Lipinski definition) is 5. The first-order valence-electron chi connectivity index (χ1n) is 12.3. The van der Waals surface area contributed by atoms with Crippen LogP contribution in [0.2, 0.25) is 0 Å². The molecule has 2 aromatic rings. The lowest BCUT2D eigenvalue weighted by Crippen LogP contribution is -2.52. The minimum absolute atomic E-state index is 0.118. The highest BCUT2D eigenvalue weighted by Gasteiger charge is 2.46. The summed E-state index contributed by atoms with van der Waals surface area (Å²) in [6.07, 6.45) is 4.08. The van der Waals surface area contributed by atoms with E-state index in [1.54, 1.807) is 4.90 Å². The molecule has 3 heterocycles.